The fourth-order valence-electron chi connectivity index (χ4n) is 1.61. The minimum atomic E-state index is 0.369. The van der Waals surface area contributed by atoms with Gasteiger partial charge in [0.05, 0.1) is 39.1 Å². The Morgan fingerprint density at radius 3 is 2.35 bits per heavy atom. The topological polar surface area (TPSA) is 45.0 Å². The number of ether oxygens (including phenoxy) is 1. The molecule has 3 nitrogen and oxygen atoms in total. The summed E-state index contributed by atoms with van der Waals surface area (Å²) in [5, 5.41) is 13.3. The van der Waals surface area contributed by atoms with E-state index in [1.165, 1.54) is 0 Å². The molecule has 0 radical (unpaired) electrons. The van der Waals surface area contributed by atoms with E-state index >= 15 is 0 Å². The molecule has 0 heterocycles. The smallest absolute Gasteiger partial charge is 0.121 e. The van der Waals surface area contributed by atoms with Gasteiger partial charge in [-0.1, -0.05) is 34.8 Å². The number of rotatable bonds is 3. The van der Waals surface area contributed by atoms with Crippen LogP contribution in [0, 0.1) is 11.3 Å². The molecule has 0 aliphatic heterocycles. The summed E-state index contributed by atoms with van der Waals surface area (Å²) < 4.78 is 5.14. The maximum Gasteiger partial charge on any atom is 0.121 e. The van der Waals surface area contributed by atoms with Crippen molar-refractivity contribution in [3.05, 3.63) is 51.0 Å². The van der Waals surface area contributed by atoms with E-state index in [4.69, 9.17) is 44.8 Å². The van der Waals surface area contributed by atoms with Gasteiger partial charge in [0.2, 0.25) is 0 Å². The molecule has 0 unspecified atom stereocenters. The Labute approximate surface area is 131 Å². The van der Waals surface area contributed by atoms with Gasteiger partial charge in [-0.25, -0.2) is 0 Å². The molecule has 0 atom stereocenters. The molecule has 0 saturated heterocycles. The van der Waals surface area contributed by atoms with Crippen molar-refractivity contribution in [2.45, 2.75) is 0 Å². The summed E-state index contributed by atoms with van der Waals surface area (Å²) in [5.74, 6) is 0.627. The molecule has 0 aromatic heterocycles. The summed E-state index contributed by atoms with van der Waals surface area (Å²) >= 11 is 17.9. The third-order valence-corrected chi connectivity index (χ3v) is 3.66. The number of benzene rings is 2. The predicted octanol–water partition coefficient (Wildman–Crippen LogP) is 5.27. The maximum atomic E-state index is 9.12. The zero-order valence-electron chi connectivity index (χ0n) is 10.4. The van der Waals surface area contributed by atoms with Gasteiger partial charge in [0.25, 0.3) is 0 Å². The molecular weight excluding hydrogens is 319 g/mol. The number of anilines is 2. The second-order valence-electron chi connectivity index (χ2n) is 3.89. The van der Waals surface area contributed by atoms with E-state index in [0.29, 0.717) is 37.8 Å². The van der Waals surface area contributed by atoms with E-state index < -0.39 is 0 Å². The first-order chi connectivity index (χ1) is 9.55. The Morgan fingerprint density at radius 1 is 1.00 bits per heavy atom. The van der Waals surface area contributed by atoms with E-state index in [1.807, 2.05) is 0 Å². The lowest BCUT2D eigenvalue weighted by Crippen LogP contribution is -1.96. The fraction of sp³-hybridized carbons (Fsp3) is 0.0714. The standard InChI is InChI=1S/C14H9Cl3N2O/c1-20-9-3-2-8(7-18)13(4-9)19-14-6-11(16)10(15)5-12(14)17/h2-6,19H,1H3. The molecule has 2 aromatic rings. The van der Waals surface area contributed by atoms with Gasteiger partial charge >= 0.3 is 0 Å². The van der Waals surface area contributed by atoms with Crippen LogP contribution in [0.2, 0.25) is 15.1 Å². The summed E-state index contributed by atoms with van der Waals surface area (Å²) in [6.45, 7) is 0. The molecule has 20 heavy (non-hydrogen) atoms. The van der Waals surface area contributed by atoms with Gasteiger partial charge in [0.15, 0.2) is 0 Å². The van der Waals surface area contributed by atoms with Crippen molar-refractivity contribution in [3.8, 4) is 11.8 Å². The lowest BCUT2D eigenvalue weighted by Gasteiger charge is -2.12. The highest BCUT2D eigenvalue weighted by molar-refractivity contribution is 6.44. The number of halogens is 3. The third-order valence-electron chi connectivity index (χ3n) is 2.63. The number of nitrogens with one attached hydrogen (secondary N) is 1. The second-order valence-corrected chi connectivity index (χ2v) is 5.12. The van der Waals surface area contributed by atoms with Gasteiger partial charge in [-0.2, -0.15) is 5.26 Å². The van der Waals surface area contributed by atoms with Crippen molar-refractivity contribution in [1.82, 2.24) is 0 Å². The molecule has 0 saturated carbocycles. The summed E-state index contributed by atoms with van der Waals surface area (Å²) in [7, 11) is 1.55. The van der Waals surface area contributed by atoms with E-state index in [-0.39, 0.29) is 0 Å². The van der Waals surface area contributed by atoms with Gasteiger partial charge in [0, 0.05) is 6.07 Å². The zero-order valence-corrected chi connectivity index (χ0v) is 12.6. The minimum absolute atomic E-state index is 0.369. The first-order valence-electron chi connectivity index (χ1n) is 5.55. The maximum absolute atomic E-state index is 9.12. The van der Waals surface area contributed by atoms with Crippen LogP contribution in [-0.2, 0) is 0 Å². The SMILES string of the molecule is COc1ccc(C#N)c(Nc2cc(Cl)c(Cl)cc2Cl)c1. The van der Waals surface area contributed by atoms with Crippen molar-refractivity contribution in [1.29, 1.82) is 5.26 Å². The molecule has 0 fully saturated rings. The van der Waals surface area contributed by atoms with Crippen LogP contribution in [-0.4, -0.2) is 7.11 Å². The highest BCUT2D eigenvalue weighted by Gasteiger charge is 2.09. The minimum Gasteiger partial charge on any atom is -0.497 e. The molecule has 0 aliphatic carbocycles. The summed E-state index contributed by atoms with van der Waals surface area (Å²) in [4.78, 5) is 0. The third kappa shape index (κ3) is 3.10. The molecule has 1 N–H and O–H groups in total. The highest BCUT2D eigenvalue weighted by atomic mass is 35.5. The number of hydrogen-bond donors (Lipinski definition) is 1. The van der Waals surface area contributed by atoms with Gasteiger partial charge < -0.3 is 10.1 Å². The van der Waals surface area contributed by atoms with E-state index in [0.717, 1.165) is 0 Å². The number of nitriles is 1. The Kier molecular flexibility index (Phi) is 4.61. The molecule has 2 aromatic carbocycles. The largest absolute Gasteiger partial charge is 0.497 e. The molecule has 0 spiro atoms. The molecule has 0 aliphatic rings. The zero-order chi connectivity index (χ0) is 14.7. The summed E-state index contributed by atoms with van der Waals surface area (Å²) in [5.41, 5.74) is 1.60. The van der Waals surface area contributed by atoms with Gasteiger partial charge in [-0.05, 0) is 24.3 Å². The molecular formula is C14H9Cl3N2O. The van der Waals surface area contributed by atoms with E-state index in [9.17, 15) is 0 Å². The van der Waals surface area contributed by atoms with Crippen LogP contribution in [0.15, 0.2) is 30.3 Å². The van der Waals surface area contributed by atoms with Crippen LogP contribution >= 0.6 is 34.8 Å². The number of nitrogens with zero attached hydrogens (tertiary/aromatic N) is 1. The Balaban J connectivity index is 2.44. The Morgan fingerprint density at radius 2 is 1.70 bits per heavy atom. The molecule has 102 valence electrons. The van der Waals surface area contributed by atoms with Crippen molar-refractivity contribution < 1.29 is 4.74 Å². The molecule has 0 bridgehead atoms. The van der Waals surface area contributed by atoms with Crippen LogP contribution in [0.5, 0.6) is 5.75 Å². The summed E-state index contributed by atoms with van der Waals surface area (Å²) in [6, 6.07) is 10.3. The lowest BCUT2D eigenvalue weighted by atomic mass is 10.1. The van der Waals surface area contributed by atoms with Crippen molar-refractivity contribution in [2.75, 3.05) is 12.4 Å². The van der Waals surface area contributed by atoms with Crippen LogP contribution in [0.3, 0.4) is 0 Å². The van der Waals surface area contributed by atoms with Crippen LogP contribution in [0.4, 0.5) is 11.4 Å². The normalized spacial score (nSPS) is 9.95. The van der Waals surface area contributed by atoms with Crippen LogP contribution < -0.4 is 10.1 Å². The monoisotopic (exact) mass is 326 g/mol. The molecule has 0 amide bonds. The predicted molar refractivity (Wildman–Crippen MR) is 82.5 cm³/mol. The lowest BCUT2D eigenvalue weighted by molar-refractivity contribution is 0.415. The van der Waals surface area contributed by atoms with Crippen molar-refractivity contribution in [2.24, 2.45) is 0 Å². The average molecular weight is 328 g/mol. The van der Waals surface area contributed by atoms with Crippen LogP contribution in [0.25, 0.3) is 0 Å². The number of hydrogen-bond acceptors (Lipinski definition) is 3. The van der Waals surface area contributed by atoms with Gasteiger partial charge in [-0.3, -0.25) is 0 Å². The Hall–Kier alpha value is -1.60. The van der Waals surface area contributed by atoms with E-state index in [1.54, 1.807) is 37.4 Å². The van der Waals surface area contributed by atoms with Crippen molar-refractivity contribution >= 4 is 46.2 Å². The number of methoxy groups -OCH3 is 1. The molecule has 6 heteroatoms. The van der Waals surface area contributed by atoms with Crippen molar-refractivity contribution in [3.63, 3.8) is 0 Å². The first kappa shape index (κ1) is 14.8. The fourth-order valence-corrected chi connectivity index (χ4v) is 2.21. The summed E-state index contributed by atoms with van der Waals surface area (Å²) in [6.07, 6.45) is 0. The molecule has 2 rings (SSSR count). The quantitative estimate of drug-likeness (QED) is 0.781. The van der Waals surface area contributed by atoms with E-state index in [2.05, 4.69) is 11.4 Å². The first-order valence-corrected chi connectivity index (χ1v) is 6.68. The van der Waals surface area contributed by atoms with Crippen LogP contribution in [0.1, 0.15) is 5.56 Å². The Bertz CT molecular complexity index is 696. The second kappa shape index (κ2) is 6.23. The highest BCUT2D eigenvalue weighted by Crippen LogP contribution is 2.35. The van der Waals surface area contributed by atoms with Gasteiger partial charge in [0.1, 0.15) is 11.8 Å². The average Bonchev–Trinajstić information content (AvgIpc) is 2.44. The van der Waals surface area contributed by atoms with Gasteiger partial charge in [-0.15, -0.1) is 0 Å².